The average Bonchev–Trinajstić information content (AvgIpc) is 3.21. The Morgan fingerprint density at radius 2 is 1.30 bits per heavy atom. The molecule has 0 saturated carbocycles. The van der Waals surface area contributed by atoms with Crippen molar-refractivity contribution in [2.45, 2.75) is 25.0 Å². The van der Waals surface area contributed by atoms with Crippen molar-refractivity contribution >= 4 is 11.8 Å². The third-order valence-corrected chi connectivity index (χ3v) is 8.77. The van der Waals surface area contributed by atoms with Gasteiger partial charge in [0.15, 0.2) is 11.5 Å². The van der Waals surface area contributed by atoms with Crippen molar-refractivity contribution in [1.29, 1.82) is 0 Å². The molecule has 3 aliphatic heterocycles. The van der Waals surface area contributed by atoms with Gasteiger partial charge in [-0.05, 0) is 55.8 Å². The first-order valence-electron chi connectivity index (χ1n) is 15.7. The summed E-state index contributed by atoms with van der Waals surface area (Å²) in [6.45, 7) is 12.1. The summed E-state index contributed by atoms with van der Waals surface area (Å²) in [5.41, 5.74) is 2.69. The molecule has 0 saturated heterocycles. The van der Waals surface area contributed by atoms with Gasteiger partial charge < -0.3 is 33.3 Å². The molecule has 1 unspecified atom stereocenters. The summed E-state index contributed by atoms with van der Waals surface area (Å²) in [6.07, 6.45) is 4.43. The summed E-state index contributed by atoms with van der Waals surface area (Å²) in [4.78, 5) is 4.71. The minimum atomic E-state index is -0.634. The highest BCUT2D eigenvalue weighted by molar-refractivity contribution is 5.72. The van der Waals surface area contributed by atoms with Gasteiger partial charge in [-0.2, -0.15) is 0 Å². The van der Waals surface area contributed by atoms with E-state index in [1.54, 1.807) is 0 Å². The van der Waals surface area contributed by atoms with E-state index in [4.69, 9.17) is 28.4 Å². The van der Waals surface area contributed by atoms with Gasteiger partial charge >= 0.3 is 0 Å². The quantitative estimate of drug-likeness (QED) is 0.348. The number of hydrogen-bond acceptors (Lipinski definition) is 8. The van der Waals surface area contributed by atoms with Gasteiger partial charge in [0.05, 0.1) is 45.1 Å². The van der Waals surface area contributed by atoms with Crippen LogP contribution in [0.25, 0.3) is 6.08 Å². The molecule has 0 radical (unpaired) electrons. The Morgan fingerprint density at radius 1 is 0.682 bits per heavy atom. The summed E-state index contributed by atoms with van der Waals surface area (Å²) in [6, 6.07) is 24.6. The molecule has 3 aliphatic rings. The molecule has 0 N–H and O–H groups in total. The number of hydrogen-bond donors (Lipinski definition) is 0. The van der Waals surface area contributed by atoms with Gasteiger partial charge in [0.2, 0.25) is 5.72 Å². The molecule has 6 rings (SSSR count). The van der Waals surface area contributed by atoms with Crippen molar-refractivity contribution in [3.05, 3.63) is 90.0 Å². The van der Waals surface area contributed by atoms with E-state index in [2.05, 4.69) is 72.2 Å². The van der Waals surface area contributed by atoms with Gasteiger partial charge in [-0.15, -0.1) is 0 Å². The Bertz CT molecular complexity index is 1380. The van der Waals surface area contributed by atoms with Crippen molar-refractivity contribution in [2.24, 2.45) is 0 Å². The van der Waals surface area contributed by atoms with Crippen LogP contribution in [0.4, 0.5) is 5.69 Å². The zero-order valence-corrected chi connectivity index (χ0v) is 25.9. The first-order chi connectivity index (χ1) is 21.6. The van der Waals surface area contributed by atoms with Gasteiger partial charge in [0, 0.05) is 37.4 Å². The molecule has 0 aliphatic carbocycles. The summed E-state index contributed by atoms with van der Waals surface area (Å²) in [5, 5.41) is 0. The number of ether oxygens (including phenoxy) is 6. The van der Waals surface area contributed by atoms with Crippen molar-refractivity contribution in [3.63, 3.8) is 0 Å². The lowest BCUT2D eigenvalue weighted by Crippen LogP contribution is -2.60. The van der Waals surface area contributed by atoms with Gasteiger partial charge in [0.1, 0.15) is 19.0 Å². The van der Waals surface area contributed by atoms with E-state index in [0.717, 1.165) is 42.4 Å². The van der Waals surface area contributed by atoms with Gasteiger partial charge in [-0.25, -0.2) is 0 Å². The van der Waals surface area contributed by atoms with Gasteiger partial charge in [-0.1, -0.05) is 48.5 Å². The number of para-hydroxylation sites is 4. The van der Waals surface area contributed by atoms with E-state index >= 15 is 0 Å². The third kappa shape index (κ3) is 6.44. The molecule has 0 bridgehead atoms. The van der Waals surface area contributed by atoms with Gasteiger partial charge in [-0.3, -0.25) is 4.90 Å². The first kappa shape index (κ1) is 30.5. The normalized spacial score (nSPS) is 22.0. The molecule has 0 fully saturated rings. The number of benzene rings is 3. The second-order valence-corrected chi connectivity index (χ2v) is 11.8. The van der Waals surface area contributed by atoms with E-state index in [1.165, 1.54) is 11.3 Å². The van der Waals surface area contributed by atoms with Crippen LogP contribution < -0.4 is 19.1 Å². The zero-order chi connectivity index (χ0) is 30.2. The number of nitrogens with zero attached hydrogens (tertiary/aromatic N) is 2. The fraction of sp³-hybridized carbons (Fsp3) is 0.444. The fourth-order valence-corrected chi connectivity index (χ4v) is 6.32. The molecule has 8 nitrogen and oxygen atoms in total. The van der Waals surface area contributed by atoms with Crippen LogP contribution in [-0.4, -0.2) is 89.7 Å². The smallest absolute Gasteiger partial charge is 0.212 e. The van der Waals surface area contributed by atoms with Crippen LogP contribution in [0.5, 0.6) is 17.2 Å². The van der Waals surface area contributed by atoms with E-state index < -0.39 is 5.72 Å². The molecule has 8 heteroatoms. The molecule has 3 heterocycles. The highest BCUT2D eigenvalue weighted by Gasteiger charge is 2.58. The molecular weight excluding hydrogens is 556 g/mol. The topological polar surface area (TPSA) is 61.9 Å². The monoisotopic (exact) mass is 600 g/mol. The second-order valence-electron chi connectivity index (χ2n) is 11.8. The highest BCUT2D eigenvalue weighted by Crippen LogP contribution is 2.54. The summed E-state index contributed by atoms with van der Waals surface area (Å²) >= 11 is 0. The van der Waals surface area contributed by atoms with Crippen LogP contribution >= 0.6 is 0 Å². The van der Waals surface area contributed by atoms with Crippen molar-refractivity contribution in [1.82, 2.24) is 4.90 Å². The number of fused-ring (bicyclic) bond motifs is 3. The van der Waals surface area contributed by atoms with E-state index in [-0.39, 0.29) is 5.41 Å². The second kappa shape index (κ2) is 14.0. The molecule has 44 heavy (non-hydrogen) atoms. The molecular formula is C36H44N2O6. The first-order valence-corrected chi connectivity index (χ1v) is 15.7. The van der Waals surface area contributed by atoms with Crippen LogP contribution in [0.3, 0.4) is 0 Å². The van der Waals surface area contributed by atoms with Crippen LogP contribution in [0.15, 0.2) is 78.9 Å². The predicted octanol–water partition coefficient (Wildman–Crippen LogP) is 5.41. The Labute approximate surface area is 261 Å². The number of rotatable bonds is 6. The minimum Gasteiger partial charge on any atom is -0.487 e. The SMILES string of the molecule is CC1(C)c2ccccc2N(CCOCCN2CCOCCOc3ccccc3OCCOCC2)C12C=Cc1ccccc1O2. The lowest BCUT2D eigenvalue weighted by molar-refractivity contribution is 0.0347. The van der Waals surface area contributed by atoms with Gasteiger partial charge in [0.25, 0.3) is 0 Å². The summed E-state index contributed by atoms with van der Waals surface area (Å²) < 4.78 is 36.6. The average molecular weight is 601 g/mol. The van der Waals surface area contributed by atoms with Crippen LogP contribution in [0.1, 0.15) is 25.0 Å². The maximum atomic E-state index is 6.88. The third-order valence-electron chi connectivity index (χ3n) is 8.77. The summed E-state index contributed by atoms with van der Waals surface area (Å²) in [5.74, 6) is 2.37. The Morgan fingerprint density at radius 3 is 2.02 bits per heavy atom. The largest absolute Gasteiger partial charge is 0.487 e. The predicted molar refractivity (Wildman–Crippen MR) is 172 cm³/mol. The standard InChI is InChI=1S/C36H44N2O6/c1-35(2)30-10-4-5-11-31(30)38(36(35)16-15-29-9-3-6-12-32(29)44-36)20-24-39-21-17-37-18-22-40-25-27-42-33-13-7-8-14-34(33)43-28-26-41-23-19-37/h3-16H,17-28H2,1-2H3. The highest BCUT2D eigenvalue weighted by atomic mass is 16.6. The van der Waals surface area contributed by atoms with E-state index in [1.807, 2.05) is 36.4 Å². The van der Waals surface area contributed by atoms with E-state index in [9.17, 15) is 0 Å². The zero-order valence-electron chi connectivity index (χ0n) is 25.9. The lowest BCUT2D eigenvalue weighted by Gasteiger charge is -2.47. The molecule has 1 atom stereocenters. The lowest BCUT2D eigenvalue weighted by atomic mass is 9.76. The molecule has 0 aromatic heterocycles. The molecule has 1 spiro atoms. The fourth-order valence-electron chi connectivity index (χ4n) is 6.32. The van der Waals surface area contributed by atoms with Crippen molar-refractivity contribution in [3.8, 4) is 17.2 Å². The molecule has 3 aromatic rings. The van der Waals surface area contributed by atoms with E-state index in [0.29, 0.717) is 59.4 Å². The maximum absolute atomic E-state index is 6.88. The molecule has 234 valence electrons. The Hall–Kier alpha value is -3.56. The van der Waals surface area contributed by atoms with Crippen LogP contribution in [0, 0.1) is 0 Å². The van der Waals surface area contributed by atoms with Crippen molar-refractivity contribution in [2.75, 3.05) is 83.9 Å². The molecule has 3 aromatic carbocycles. The Kier molecular flexibility index (Phi) is 9.72. The maximum Gasteiger partial charge on any atom is 0.212 e. The van der Waals surface area contributed by atoms with Crippen molar-refractivity contribution < 1.29 is 28.4 Å². The number of anilines is 1. The minimum absolute atomic E-state index is 0.261. The van der Waals surface area contributed by atoms with Crippen LogP contribution in [0.2, 0.25) is 0 Å². The Balaban J connectivity index is 1.03. The summed E-state index contributed by atoms with van der Waals surface area (Å²) in [7, 11) is 0. The molecule has 0 amide bonds. The van der Waals surface area contributed by atoms with Crippen LogP contribution in [-0.2, 0) is 19.6 Å².